The van der Waals surface area contributed by atoms with E-state index in [0.717, 1.165) is 0 Å². The quantitative estimate of drug-likeness (QED) is 0.633. The summed E-state index contributed by atoms with van der Waals surface area (Å²) in [6.07, 6.45) is 0.285. The predicted octanol–water partition coefficient (Wildman–Crippen LogP) is 1.76. The number of benzene rings is 1. The minimum Gasteiger partial charge on any atom is -0.345 e. The van der Waals surface area contributed by atoms with Gasteiger partial charge in [0.1, 0.15) is 6.04 Å². The topological polar surface area (TPSA) is 101 Å². The van der Waals surface area contributed by atoms with Crippen LogP contribution in [0.15, 0.2) is 18.2 Å². The first-order valence-electron chi connectivity index (χ1n) is 6.20. The number of carbonyl (C=O) groups is 2. The molecular weight excluding hydrogens is 262 g/mol. The van der Waals surface area contributed by atoms with Crippen molar-refractivity contribution in [2.45, 2.75) is 33.2 Å². The highest BCUT2D eigenvalue weighted by Crippen LogP contribution is 2.22. The van der Waals surface area contributed by atoms with Crippen LogP contribution in [0.2, 0.25) is 0 Å². The van der Waals surface area contributed by atoms with Gasteiger partial charge in [-0.1, -0.05) is 13.0 Å². The normalized spacial score (nSPS) is 11.6. The van der Waals surface area contributed by atoms with Crippen LogP contribution in [0.25, 0.3) is 0 Å². The molecule has 2 amide bonds. The first kappa shape index (κ1) is 15.6. The Morgan fingerprint density at radius 3 is 2.60 bits per heavy atom. The fourth-order valence-electron chi connectivity index (χ4n) is 1.54. The molecule has 1 aromatic carbocycles. The van der Waals surface area contributed by atoms with Gasteiger partial charge in [-0.25, -0.2) is 0 Å². The van der Waals surface area contributed by atoms with Gasteiger partial charge in [0.15, 0.2) is 0 Å². The van der Waals surface area contributed by atoms with Crippen molar-refractivity contribution in [3.63, 3.8) is 0 Å². The average Bonchev–Trinajstić information content (AvgIpc) is 2.40. The molecule has 20 heavy (non-hydrogen) atoms. The third-order valence-corrected chi connectivity index (χ3v) is 2.77. The summed E-state index contributed by atoms with van der Waals surface area (Å²) in [7, 11) is 0. The SMILES string of the molecule is CCC(=O)NC(C)C(=O)Nc1ccc(C)c([N+](=O)[O-])c1. The summed E-state index contributed by atoms with van der Waals surface area (Å²) in [5, 5.41) is 15.9. The molecule has 108 valence electrons. The van der Waals surface area contributed by atoms with Crippen LogP contribution < -0.4 is 10.6 Å². The molecule has 7 heteroatoms. The summed E-state index contributed by atoms with van der Waals surface area (Å²) in [6, 6.07) is 3.72. The van der Waals surface area contributed by atoms with Crippen LogP contribution in [0.1, 0.15) is 25.8 Å². The smallest absolute Gasteiger partial charge is 0.274 e. The first-order valence-corrected chi connectivity index (χ1v) is 6.20. The molecule has 0 spiro atoms. The first-order chi connectivity index (χ1) is 9.35. The van der Waals surface area contributed by atoms with E-state index in [9.17, 15) is 19.7 Å². The van der Waals surface area contributed by atoms with Crippen molar-refractivity contribution in [1.29, 1.82) is 0 Å². The number of rotatable bonds is 5. The molecule has 1 aromatic rings. The monoisotopic (exact) mass is 279 g/mol. The van der Waals surface area contributed by atoms with Gasteiger partial charge in [-0.05, 0) is 19.9 Å². The minimum absolute atomic E-state index is 0.0620. The number of nitrogens with zero attached hydrogens (tertiary/aromatic N) is 1. The summed E-state index contributed by atoms with van der Waals surface area (Å²) in [4.78, 5) is 33.3. The number of carbonyl (C=O) groups excluding carboxylic acids is 2. The van der Waals surface area contributed by atoms with Crippen molar-refractivity contribution in [2.24, 2.45) is 0 Å². The largest absolute Gasteiger partial charge is 0.345 e. The minimum atomic E-state index is -0.706. The molecule has 0 fully saturated rings. The van der Waals surface area contributed by atoms with Gasteiger partial charge in [0.05, 0.1) is 4.92 Å². The fourth-order valence-corrected chi connectivity index (χ4v) is 1.54. The highest BCUT2D eigenvalue weighted by atomic mass is 16.6. The van der Waals surface area contributed by atoms with E-state index in [-0.39, 0.29) is 18.0 Å². The van der Waals surface area contributed by atoms with E-state index >= 15 is 0 Å². The van der Waals surface area contributed by atoms with Gasteiger partial charge < -0.3 is 10.6 Å². The maximum Gasteiger partial charge on any atom is 0.274 e. The molecule has 0 aliphatic heterocycles. The lowest BCUT2D eigenvalue weighted by atomic mass is 10.2. The maximum absolute atomic E-state index is 11.8. The molecule has 1 atom stereocenters. The molecule has 2 N–H and O–H groups in total. The number of nitro groups is 1. The van der Waals surface area contributed by atoms with E-state index in [4.69, 9.17) is 0 Å². The lowest BCUT2D eigenvalue weighted by Crippen LogP contribution is -2.41. The van der Waals surface area contributed by atoms with Gasteiger partial charge in [-0.2, -0.15) is 0 Å². The van der Waals surface area contributed by atoms with Gasteiger partial charge in [-0.3, -0.25) is 19.7 Å². The van der Waals surface area contributed by atoms with E-state index in [2.05, 4.69) is 10.6 Å². The van der Waals surface area contributed by atoms with E-state index in [1.807, 2.05) is 0 Å². The van der Waals surface area contributed by atoms with Gasteiger partial charge >= 0.3 is 0 Å². The standard InChI is InChI=1S/C13H17N3O4/c1-4-12(17)14-9(3)13(18)15-10-6-5-8(2)11(7-10)16(19)20/h5-7,9H,4H2,1-3H3,(H,14,17)(H,15,18). The Morgan fingerprint density at radius 1 is 1.40 bits per heavy atom. The fraction of sp³-hybridized carbons (Fsp3) is 0.385. The number of nitro benzene ring substituents is 1. The third-order valence-electron chi connectivity index (χ3n) is 2.77. The molecular formula is C13H17N3O4. The summed E-state index contributed by atoms with van der Waals surface area (Å²) in [5.41, 5.74) is 0.776. The van der Waals surface area contributed by atoms with Gasteiger partial charge in [0.25, 0.3) is 5.69 Å². The van der Waals surface area contributed by atoms with Crippen LogP contribution in [0.5, 0.6) is 0 Å². The van der Waals surface area contributed by atoms with Crippen molar-refractivity contribution in [3.05, 3.63) is 33.9 Å². The molecule has 0 bridgehead atoms. The van der Waals surface area contributed by atoms with Crippen LogP contribution in [0, 0.1) is 17.0 Å². The van der Waals surface area contributed by atoms with Gasteiger partial charge in [0, 0.05) is 23.7 Å². The molecule has 7 nitrogen and oxygen atoms in total. The van der Waals surface area contributed by atoms with Crippen molar-refractivity contribution in [1.82, 2.24) is 5.32 Å². The van der Waals surface area contributed by atoms with E-state index in [1.54, 1.807) is 32.9 Å². The van der Waals surface area contributed by atoms with Gasteiger partial charge in [-0.15, -0.1) is 0 Å². The Hall–Kier alpha value is -2.44. The van der Waals surface area contributed by atoms with E-state index in [0.29, 0.717) is 11.3 Å². The van der Waals surface area contributed by atoms with Crippen molar-refractivity contribution in [3.8, 4) is 0 Å². The number of nitrogens with one attached hydrogen (secondary N) is 2. The second kappa shape index (κ2) is 6.65. The lowest BCUT2D eigenvalue weighted by molar-refractivity contribution is -0.385. The predicted molar refractivity (Wildman–Crippen MR) is 74.4 cm³/mol. The number of hydrogen-bond donors (Lipinski definition) is 2. The van der Waals surface area contributed by atoms with Gasteiger partial charge in [0.2, 0.25) is 11.8 Å². The Balaban J connectivity index is 2.78. The van der Waals surface area contributed by atoms with Crippen LogP contribution in [0.4, 0.5) is 11.4 Å². The Kier molecular flexibility index (Phi) is 5.19. The molecule has 0 aliphatic rings. The second-order valence-corrected chi connectivity index (χ2v) is 4.39. The van der Waals surface area contributed by atoms with Crippen LogP contribution >= 0.6 is 0 Å². The van der Waals surface area contributed by atoms with Crippen molar-refractivity contribution < 1.29 is 14.5 Å². The lowest BCUT2D eigenvalue weighted by Gasteiger charge is -2.13. The average molecular weight is 279 g/mol. The highest BCUT2D eigenvalue weighted by Gasteiger charge is 2.17. The summed E-state index contributed by atoms with van der Waals surface area (Å²) in [5.74, 6) is -0.660. The number of amides is 2. The molecule has 0 saturated carbocycles. The number of anilines is 1. The van der Waals surface area contributed by atoms with Crippen LogP contribution in [-0.2, 0) is 9.59 Å². The molecule has 0 aliphatic carbocycles. The summed E-state index contributed by atoms with van der Waals surface area (Å²) in [6.45, 7) is 4.85. The summed E-state index contributed by atoms with van der Waals surface area (Å²) < 4.78 is 0. The molecule has 0 saturated heterocycles. The summed E-state index contributed by atoms with van der Waals surface area (Å²) >= 11 is 0. The van der Waals surface area contributed by atoms with Crippen molar-refractivity contribution >= 4 is 23.2 Å². The molecule has 1 rings (SSSR count). The maximum atomic E-state index is 11.8. The van der Waals surface area contributed by atoms with Crippen molar-refractivity contribution in [2.75, 3.05) is 5.32 Å². The van der Waals surface area contributed by atoms with E-state index < -0.39 is 16.9 Å². The number of aryl methyl sites for hydroxylation is 1. The van der Waals surface area contributed by atoms with Crippen LogP contribution in [-0.4, -0.2) is 22.8 Å². The zero-order valence-electron chi connectivity index (χ0n) is 11.6. The number of hydrogen-bond acceptors (Lipinski definition) is 4. The molecule has 0 radical (unpaired) electrons. The molecule has 0 heterocycles. The van der Waals surface area contributed by atoms with Crippen LogP contribution in [0.3, 0.4) is 0 Å². The zero-order chi connectivity index (χ0) is 15.3. The molecule has 0 aromatic heterocycles. The third kappa shape index (κ3) is 4.04. The Bertz CT molecular complexity index is 542. The second-order valence-electron chi connectivity index (χ2n) is 4.39. The van der Waals surface area contributed by atoms with E-state index in [1.165, 1.54) is 6.07 Å². The Morgan fingerprint density at radius 2 is 2.05 bits per heavy atom. The Labute approximate surface area is 116 Å². The zero-order valence-corrected chi connectivity index (χ0v) is 11.6. The highest BCUT2D eigenvalue weighted by molar-refractivity contribution is 5.97. The molecule has 1 unspecified atom stereocenters.